The van der Waals surface area contributed by atoms with Crippen molar-refractivity contribution < 1.29 is 4.79 Å². The number of aromatic nitrogens is 3. The number of nitrogens with one attached hydrogen (secondary N) is 1. The van der Waals surface area contributed by atoms with E-state index in [1.54, 1.807) is 0 Å². The molecule has 1 saturated carbocycles. The highest BCUT2D eigenvalue weighted by Gasteiger charge is 2.23. The van der Waals surface area contributed by atoms with E-state index in [9.17, 15) is 4.79 Å². The van der Waals surface area contributed by atoms with Crippen LogP contribution in [0.3, 0.4) is 0 Å². The lowest BCUT2D eigenvalue weighted by Crippen LogP contribution is -2.37. The largest absolute Gasteiger partial charge is 0.352 e. The smallest absolute Gasteiger partial charge is 0.233 e. The summed E-state index contributed by atoms with van der Waals surface area (Å²) in [6.07, 6.45) is 4.54. The first-order valence-electron chi connectivity index (χ1n) is 10.0. The number of carbonyl (C=O) groups is 1. The number of carbonyl (C=O) groups excluding carboxylic acids is 1. The van der Waals surface area contributed by atoms with Gasteiger partial charge in [0.1, 0.15) is 11.4 Å². The predicted molar refractivity (Wildman–Crippen MR) is 116 cm³/mol. The van der Waals surface area contributed by atoms with Crippen LogP contribution in [0.15, 0.2) is 65.8 Å². The highest BCUT2D eigenvalue weighted by atomic mass is 32.2. The quantitative estimate of drug-likeness (QED) is 0.601. The Morgan fingerprint density at radius 3 is 2.14 bits per heavy atom. The van der Waals surface area contributed by atoms with Crippen LogP contribution in [-0.2, 0) is 4.79 Å². The van der Waals surface area contributed by atoms with Crippen LogP contribution in [0.1, 0.15) is 32.6 Å². The molecule has 1 unspecified atom stereocenters. The minimum absolute atomic E-state index is 0.0406. The van der Waals surface area contributed by atoms with Gasteiger partial charge in [0.15, 0.2) is 0 Å². The monoisotopic (exact) mass is 404 g/mol. The highest BCUT2D eigenvalue weighted by Crippen LogP contribution is 2.30. The fourth-order valence-electron chi connectivity index (χ4n) is 3.55. The summed E-state index contributed by atoms with van der Waals surface area (Å²) in [5, 5.41) is 12.2. The van der Waals surface area contributed by atoms with Gasteiger partial charge in [-0.3, -0.25) is 4.79 Å². The van der Waals surface area contributed by atoms with E-state index >= 15 is 0 Å². The van der Waals surface area contributed by atoms with Gasteiger partial charge in [-0.1, -0.05) is 85.3 Å². The molecule has 0 spiro atoms. The van der Waals surface area contributed by atoms with Gasteiger partial charge in [-0.15, -0.1) is 10.2 Å². The summed E-state index contributed by atoms with van der Waals surface area (Å²) in [6, 6.07) is 20.2. The van der Waals surface area contributed by atoms with Gasteiger partial charge in [0.25, 0.3) is 0 Å². The van der Waals surface area contributed by atoms with Crippen molar-refractivity contribution in [2.24, 2.45) is 0 Å². The van der Waals surface area contributed by atoms with Crippen LogP contribution in [-0.4, -0.2) is 32.4 Å². The summed E-state index contributed by atoms with van der Waals surface area (Å²) >= 11 is 1.35. The van der Waals surface area contributed by atoms with Crippen molar-refractivity contribution in [2.45, 2.75) is 49.1 Å². The summed E-state index contributed by atoms with van der Waals surface area (Å²) in [5.74, 6) is 0.0406. The number of hydrogen-bond acceptors (Lipinski definition) is 5. The first-order valence-corrected chi connectivity index (χ1v) is 10.9. The molecule has 1 N–H and O–H groups in total. The van der Waals surface area contributed by atoms with E-state index in [0.29, 0.717) is 11.2 Å². The van der Waals surface area contributed by atoms with Crippen molar-refractivity contribution >= 4 is 17.7 Å². The Balaban J connectivity index is 1.59. The molecule has 6 heteroatoms. The van der Waals surface area contributed by atoms with E-state index in [2.05, 4.69) is 15.5 Å². The summed E-state index contributed by atoms with van der Waals surface area (Å²) < 4.78 is 0. The highest BCUT2D eigenvalue weighted by molar-refractivity contribution is 8.00. The van der Waals surface area contributed by atoms with Crippen molar-refractivity contribution in [1.29, 1.82) is 0 Å². The molecule has 4 rings (SSSR count). The molecular weight excluding hydrogens is 380 g/mol. The van der Waals surface area contributed by atoms with Gasteiger partial charge in [0.2, 0.25) is 11.1 Å². The van der Waals surface area contributed by atoms with Gasteiger partial charge in [0.05, 0.1) is 5.25 Å². The molecule has 0 bridgehead atoms. The van der Waals surface area contributed by atoms with Gasteiger partial charge < -0.3 is 5.32 Å². The average Bonchev–Trinajstić information content (AvgIpc) is 3.28. The number of hydrogen-bond donors (Lipinski definition) is 1. The zero-order valence-electron chi connectivity index (χ0n) is 16.4. The Kier molecular flexibility index (Phi) is 6.20. The zero-order valence-corrected chi connectivity index (χ0v) is 17.2. The number of nitrogens with zero attached hydrogens (tertiary/aromatic N) is 3. The molecule has 1 fully saturated rings. The van der Waals surface area contributed by atoms with Crippen molar-refractivity contribution in [3.63, 3.8) is 0 Å². The molecule has 0 radical (unpaired) electrons. The van der Waals surface area contributed by atoms with E-state index in [0.717, 1.165) is 35.4 Å². The van der Waals surface area contributed by atoms with Gasteiger partial charge in [-0.05, 0) is 19.8 Å². The molecule has 1 amide bonds. The van der Waals surface area contributed by atoms with Crippen LogP contribution in [0.4, 0.5) is 0 Å². The molecule has 1 aliphatic carbocycles. The molecular formula is C23H24N4OS. The second-order valence-electron chi connectivity index (χ2n) is 7.27. The van der Waals surface area contributed by atoms with Crippen molar-refractivity contribution in [3.05, 3.63) is 60.7 Å². The first-order chi connectivity index (χ1) is 14.2. The Labute approximate surface area is 175 Å². The number of amides is 1. The molecule has 0 aliphatic heterocycles. The Morgan fingerprint density at radius 2 is 1.52 bits per heavy atom. The molecule has 1 heterocycles. The van der Waals surface area contributed by atoms with Gasteiger partial charge in [0, 0.05) is 17.2 Å². The summed E-state index contributed by atoms with van der Waals surface area (Å²) in [6.45, 7) is 1.89. The normalized spacial score (nSPS) is 15.2. The molecule has 1 aromatic heterocycles. The van der Waals surface area contributed by atoms with Gasteiger partial charge >= 0.3 is 0 Å². The van der Waals surface area contributed by atoms with Crippen LogP contribution in [0.2, 0.25) is 0 Å². The van der Waals surface area contributed by atoms with Crippen molar-refractivity contribution in [1.82, 2.24) is 20.5 Å². The average molecular weight is 405 g/mol. The molecule has 5 nitrogen and oxygen atoms in total. The van der Waals surface area contributed by atoms with Gasteiger partial charge in [-0.2, -0.15) is 0 Å². The number of rotatable bonds is 6. The van der Waals surface area contributed by atoms with E-state index in [1.165, 1.54) is 24.6 Å². The second kappa shape index (κ2) is 9.18. The summed E-state index contributed by atoms with van der Waals surface area (Å²) in [4.78, 5) is 17.3. The third-order valence-electron chi connectivity index (χ3n) is 5.11. The first kappa shape index (κ1) is 19.6. The summed E-state index contributed by atoms with van der Waals surface area (Å²) in [7, 11) is 0. The minimum atomic E-state index is -0.274. The molecule has 148 valence electrons. The van der Waals surface area contributed by atoms with Crippen molar-refractivity contribution in [2.75, 3.05) is 0 Å². The third kappa shape index (κ3) is 4.82. The standard InChI is InChI=1S/C23H24N4OS/c1-16(22(28)24-19-14-8-9-15-19)29-23-25-20(17-10-4-2-5-11-17)21(26-27-23)18-12-6-3-7-13-18/h2-7,10-13,16,19H,8-9,14-15H2,1H3,(H,24,28). The van der Waals surface area contributed by atoms with Crippen LogP contribution in [0.25, 0.3) is 22.5 Å². The van der Waals surface area contributed by atoms with Crippen LogP contribution < -0.4 is 5.32 Å². The van der Waals surface area contributed by atoms with E-state index < -0.39 is 0 Å². The van der Waals surface area contributed by atoms with E-state index in [1.807, 2.05) is 67.6 Å². The number of thioether (sulfide) groups is 1. The predicted octanol–water partition coefficient (Wildman–Crippen LogP) is 4.75. The maximum atomic E-state index is 12.5. The topological polar surface area (TPSA) is 67.8 Å². The minimum Gasteiger partial charge on any atom is -0.352 e. The van der Waals surface area contributed by atoms with Crippen molar-refractivity contribution in [3.8, 4) is 22.5 Å². The fraction of sp³-hybridized carbons (Fsp3) is 0.304. The van der Waals surface area contributed by atoms with Crippen LogP contribution >= 0.6 is 11.8 Å². The molecule has 1 aliphatic rings. The fourth-order valence-corrected chi connectivity index (χ4v) is 4.27. The second-order valence-corrected chi connectivity index (χ2v) is 8.58. The zero-order chi connectivity index (χ0) is 20.1. The lowest BCUT2D eigenvalue weighted by molar-refractivity contribution is -0.120. The lowest BCUT2D eigenvalue weighted by atomic mass is 10.0. The SMILES string of the molecule is CC(Sc1nnc(-c2ccccc2)c(-c2ccccc2)n1)C(=O)NC1CCCC1. The molecule has 2 aromatic carbocycles. The van der Waals surface area contributed by atoms with Crippen LogP contribution in [0, 0.1) is 0 Å². The molecule has 1 atom stereocenters. The lowest BCUT2D eigenvalue weighted by Gasteiger charge is -2.16. The van der Waals surface area contributed by atoms with Gasteiger partial charge in [-0.25, -0.2) is 4.98 Å². The Hall–Kier alpha value is -2.73. The maximum absolute atomic E-state index is 12.5. The van der Waals surface area contributed by atoms with E-state index in [-0.39, 0.29) is 11.2 Å². The van der Waals surface area contributed by atoms with E-state index in [4.69, 9.17) is 4.98 Å². The molecule has 3 aromatic rings. The molecule has 29 heavy (non-hydrogen) atoms. The maximum Gasteiger partial charge on any atom is 0.233 e. The third-order valence-corrected chi connectivity index (χ3v) is 6.07. The molecule has 0 saturated heterocycles. The Bertz CT molecular complexity index is 959. The van der Waals surface area contributed by atoms with Crippen LogP contribution in [0.5, 0.6) is 0 Å². The Morgan fingerprint density at radius 1 is 0.931 bits per heavy atom. The number of benzene rings is 2. The summed E-state index contributed by atoms with van der Waals surface area (Å²) in [5.41, 5.74) is 3.46.